The number of rotatable bonds is 1. The number of halogens is 1. The average molecular weight is 329 g/mol. The van der Waals surface area contributed by atoms with E-state index in [1.165, 1.54) is 14.7 Å². The normalized spacial score (nSPS) is 22.4. The van der Waals surface area contributed by atoms with Crippen LogP contribution in [-0.4, -0.2) is 17.0 Å². The summed E-state index contributed by atoms with van der Waals surface area (Å²) in [7, 11) is 0. The van der Waals surface area contributed by atoms with E-state index in [2.05, 4.69) is 34.1 Å². The number of Topliss-reactive ketones (excluding diaryl/α,β-unsaturated/α-hetero) is 1. The van der Waals surface area contributed by atoms with Crippen LogP contribution in [0.3, 0.4) is 0 Å². The van der Waals surface area contributed by atoms with E-state index in [1.54, 1.807) is 0 Å². The summed E-state index contributed by atoms with van der Waals surface area (Å²) in [5, 5.41) is 8.97. The van der Waals surface area contributed by atoms with Crippen molar-refractivity contribution in [1.29, 1.82) is 0 Å². The van der Waals surface area contributed by atoms with Gasteiger partial charge in [-0.25, -0.2) is 0 Å². The van der Waals surface area contributed by atoms with Crippen molar-refractivity contribution in [2.24, 2.45) is 0 Å². The summed E-state index contributed by atoms with van der Waals surface area (Å²) in [5.74, 6) is 0.0640. The molecule has 4 heteroatoms. The van der Waals surface area contributed by atoms with Gasteiger partial charge in [-0.2, -0.15) is 5.48 Å². The Labute approximate surface area is 107 Å². The Morgan fingerprint density at radius 1 is 1.38 bits per heavy atom. The molecule has 2 aliphatic carbocycles. The number of carbonyl (C=O) groups excluding carboxylic acids is 1. The third-order valence-electron chi connectivity index (χ3n) is 3.58. The van der Waals surface area contributed by atoms with E-state index in [0.717, 1.165) is 30.4 Å². The van der Waals surface area contributed by atoms with Crippen molar-refractivity contribution in [3.8, 4) is 0 Å². The Morgan fingerprint density at radius 2 is 2.19 bits per heavy atom. The summed E-state index contributed by atoms with van der Waals surface area (Å²) in [4.78, 5) is 12.1. The standard InChI is InChI=1S/C12H12INO2/c13-9-4-6-2-1-3-7(6)11-8(9)5-10(14-16)12(11)15/h4,10,14,16H,1-3,5H2/t10-/m1/s1. The van der Waals surface area contributed by atoms with Crippen LogP contribution in [0.15, 0.2) is 6.07 Å². The second-order valence-corrected chi connectivity index (χ2v) is 5.62. The Kier molecular flexibility index (Phi) is 2.53. The van der Waals surface area contributed by atoms with Gasteiger partial charge in [0.1, 0.15) is 0 Å². The maximum atomic E-state index is 12.1. The zero-order valence-electron chi connectivity index (χ0n) is 8.72. The molecule has 0 aliphatic heterocycles. The molecular formula is C12H12INO2. The zero-order valence-corrected chi connectivity index (χ0v) is 10.9. The monoisotopic (exact) mass is 329 g/mol. The summed E-state index contributed by atoms with van der Waals surface area (Å²) in [5.41, 5.74) is 6.71. The van der Waals surface area contributed by atoms with Gasteiger partial charge in [-0.15, -0.1) is 0 Å². The molecule has 0 unspecified atom stereocenters. The summed E-state index contributed by atoms with van der Waals surface area (Å²) in [6.07, 6.45) is 3.87. The van der Waals surface area contributed by atoms with Crippen molar-refractivity contribution in [3.63, 3.8) is 0 Å². The van der Waals surface area contributed by atoms with Gasteiger partial charge >= 0.3 is 0 Å². The summed E-state index contributed by atoms with van der Waals surface area (Å²) in [6.45, 7) is 0. The number of aryl methyl sites for hydroxylation is 1. The molecule has 0 aromatic heterocycles. The molecule has 3 rings (SSSR count). The minimum Gasteiger partial charge on any atom is -0.316 e. The summed E-state index contributed by atoms with van der Waals surface area (Å²) >= 11 is 2.29. The van der Waals surface area contributed by atoms with Gasteiger partial charge in [0.05, 0.1) is 6.04 Å². The molecule has 2 aliphatic rings. The highest BCUT2D eigenvalue weighted by Crippen LogP contribution is 2.36. The van der Waals surface area contributed by atoms with Crippen LogP contribution in [0.2, 0.25) is 0 Å². The first-order valence-corrected chi connectivity index (χ1v) is 6.57. The van der Waals surface area contributed by atoms with Crippen LogP contribution in [0.5, 0.6) is 0 Å². The third-order valence-corrected chi connectivity index (χ3v) is 4.54. The SMILES string of the molecule is O=C1c2c(c(I)cc3c2CCC3)C[C@H]1NO. The molecule has 0 heterocycles. The fourth-order valence-electron chi connectivity index (χ4n) is 2.83. The Balaban J connectivity index is 2.21. The molecule has 0 radical (unpaired) electrons. The van der Waals surface area contributed by atoms with Gasteiger partial charge in [0.25, 0.3) is 0 Å². The van der Waals surface area contributed by atoms with Crippen LogP contribution >= 0.6 is 22.6 Å². The molecule has 0 spiro atoms. The highest BCUT2D eigenvalue weighted by molar-refractivity contribution is 14.1. The van der Waals surface area contributed by atoms with Crippen molar-refractivity contribution in [1.82, 2.24) is 5.48 Å². The predicted octanol–water partition coefficient (Wildman–Crippen LogP) is 1.87. The lowest BCUT2D eigenvalue weighted by molar-refractivity contribution is 0.0791. The Morgan fingerprint density at radius 3 is 2.94 bits per heavy atom. The van der Waals surface area contributed by atoms with E-state index in [0.29, 0.717) is 6.42 Å². The second kappa shape index (κ2) is 3.78. The van der Waals surface area contributed by atoms with Crippen LogP contribution < -0.4 is 5.48 Å². The van der Waals surface area contributed by atoms with Crippen LogP contribution in [0.4, 0.5) is 0 Å². The number of benzene rings is 1. The lowest BCUT2D eigenvalue weighted by Gasteiger charge is -2.08. The minimum atomic E-state index is -0.435. The Bertz CT molecular complexity index is 484. The number of carbonyl (C=O) groups is 1. The van der Waals surface area contributed by atoms with Gasteiger partial charge in [-0.05, 0) is 71.0 Å². The first-order valence-electron chi connectivity index (χ1n) is 5.49. The smallest absolute Gasteiger partial charge is 0.182 e. The van der Waals surface area contributed by atoms with Gasteiger partial charge in [0, 0.05) is 9.13 Å². The highest BCUT2D eigenvalue weighted by Gasteiger charge is 2.35. The lowest BCUT2D eigenvalue weighted by Crippen LogP contribution is -2.31. The van der Waals surface area contributed by atoms with Crippen molar-refractivity contribution < 1.29 is 10.0 Å². The first kappa shape index (κ1) is 10.7. The number of ketones is 1. The number of hydroxylamine groups is 1. The molecule has 84 valence electrons. The molecule has 1 atom stereocenters. The first-order chi connectivity index (χ1) is 7.72. The van der Waals surface area contributed by atoms with Crippen molar-refractivity contribution >= 4 is 28.4 Å². The molecule has 0 fully saturated rings. The molecule has 16 heavy (non-hydrogen) atoms. The van der Waals surface area contributed by atoms with E-state index >= 15 is 0 Å². The molecular weight excluding hydrogens is 317 g/mol. The predicted molar refractivity (Wildman–Crippen MR) is 67.9 cm³/mol. The average Bonchev–Trinajstić information content (AvgIpc) is 2.83. The number of fused-ring (bicyclic) bond motifs is 3. The Hall–Kier alpha value is -0.460. The molecule has 0 saturated carbocycles. The molecule has 1 aromatic rings. The van der Waals surface area contributed by atoms with Crippen LogP contribution in [0.1, 0.15) is 33.5 Å². The van der Waals surface area contributed by atoms with E-state index in [9.17, 15) is 4.79 Å². The van der Waals surface area contributed by atoms with Crippen LogP contribution in [0.25, 0.3) is 0 Å². The fraction of sp³-hybridized carbons (Fsp3) is 0.417. The second-order valence-electron chi connectivity index (χ2n) is 4.45. The maximum absolute atomic E-state index is 12.1. The van der Waals surface area contributed by atoms with E-state index in [-0.39, 0.29) is 5.78 Å². The van der Waals surface area contributed by atoms with Crippen molar-refractivity contribution in [2.45, 2.75) is 31.7 Å². The molecule has 2 N–H and O–H groups in total. The molecule has 1 aromatic carbocycles. The van der Waals surface area contributed by atoms with Gasteiger partial charge in [-0.3, -0.25) is 4.79 Å². The molecule has 3 nitrogen and oxygen atoms in total. The van der Waals surface area contributed by atoms with Crippen LogP contribution in [-0.2, 0) is 19.3 Å². The van der Waals surface area contributed by atoms with Crippen molar-refractivity contribution in [2.75, 3.05) is 0 Å². The number of hydrogen-bond donors (Lipinski definition) is 2. The number of nitrogens with one attached hydrogen (secondary N) is 1. The molecule has 0 saturated heterocycles. The van der Waals surface area contributed by atoms with E-state index in [4.69, 9.17) is 5.21 Å². The van der Waals surface area contributed by atoms with E-state index in [1.807, 2.05) is 0 Å². The number of hydrogen-bond acceptors (Lipinski definition) is 3. The molecule has 0 bridgehead atoms. The maximum Gasteiger partial charge on any atom is 0.182 e. The lowest BCUT2D eigenvalue weighted by atomic mass is 9.99. The summed E-state index contributed by atoms with van der Waals surface area (Å²) in [6, 6.07) is 1.77. The zero-order chi connectivity index (χ0) is 11.3. The highest BCUT2D eigenvalue weighted by atomic mass is 127. The molecule has 0 amide bonds. The quantitative estimate of drug-likeness (QED) is 0.611. The summed E-state index contributed by atoms with van der Waals surface area (Å²) < 4.78 is 1.17. The van der Waals surface area contributed by atoms with Gasteiger partial charge in [0.2, 0.25) is 0 Å². The largest absolute Gasteiger partial charge is 0.316 e. The van der Waals surface area contributed by atoms with Gasteiger partial charge < -0.3 is 5.21 Å². The van der Waals surface area contributed by atoms with Crippen LogP contribution in [0, 0.1) is 3.57 Å². The van der Waals surface area contributed by atoms with Gasteiger partial charge in [-0.1, -0.05) is 0 Å². The fourth-order valence-corrected chi connectivity index (χ4v) is 3.69. The third kappa shape index (κ3) is 1.36. The van der Waals surface area contributed by atoms with Gasteiger partial charge in [0.15, 0.2) is 5.78 Å². The minimum absolute atomic E-state index is 0.0640. The van der Waals surface area contributed by atoms with E-state index < -0.39 is 6.04 Å². The topological polar surface area (TPSA) is 49.3 Å². The van der Waals surface area contributed by atoms with Crippen molar-refractivity contribution in [3.05, 3.63) is 31.9 Å².